The summed E-state index contributed by atoms with van der Waals surface area (Å²) >= 11 is 3.30. The van der Waals surface area contributed by atoms with Crippen molar-refractivity contribution >= 4 is 37.4 Å². The molecule has 0 aromatic heterocycles. The van der Waals surface area contributed by atoms with Gasteiger partial charge in [0.05, 0.1) is 17.4 Å². The molecular formula is C11H12BrNO3S. The largest absolute Gasteiger partial charge is 0.326 e. The van der Waals surface area contributed by atoms with Gasteiger partial charge in [0.2, 0.25) is 5.91 Å². The van der Waals surface area contributed by atoms with Crippen LogP contribution in [0.4, 0.5) is 5.69 Å². The van der Waals surface area contributed by atoms with Crippen LogP contribution in [0.25, 0.3) is 0 Å². The molecule has 1 aliphatic heterocycles. The van der Waals surface area contributed by atoms with E-state index in [0.29, 0.717) is 12.1 Å². The third kappa shape index (κ3) is 3.29. The molecular weight excluding hydrogens is 306 g/mol. The number of carbonyl (C=O) groups excluding carboxylic acids is 1. The summed E-state index contributed by atoms with van der Waals surface area (Å²) in [5.41, 5.74) is 0.683. The van der Waals surface area contributed by atoms with Crippen LogP contribution < -0.4 is 5.32 Å². The fraction of sp³-hybridized carbons (Fsp3) is 0.364. The van der Waals surface area contributed by atoms with Gasteiger partial charge in [-0.2, -0.15) is 0 Å². The molecule has 92 valence electrons. The van der Waals surface area contributed by atoms with E-state index >= 15 is 0 Å². The lowest BCUT2D eigenvalue weighted by Crippen LogP contribution is -2.23. The maximum Gasteiger partial charge on any atom is 0.228 e. The second-order valence-electron chi connectivity index (χ2n) is 4.10. The zero-order valence-electron chi connectivity index (χ0n) is 9.02. The molecule has 1 atom stereocenters. The number of anilines is 1. The van der Waals surface area contributed by atoms with Gasteiger partial charge >= 0.3 is 0 Å². The molecule has 0 saturated carbocycles. The fourth-order valence-electron chi connectivity index (χ4n) is 1.78. The van der Waals surface area contributed by atoms with Gasteiger partial charge in [-0.15, -0.1) is 0 Å². The van der Waals surface area contributed by atoms with E-state index in [1.165, 1.54) is 0 Å². The zero-order chi connectivity index (χ0) is 12.5. The number of halogens is 1. The number of hydrogen-bond donors (Lipinski definition) is 1. The molecule has 1 amide bonds. The molecule has 17 heavy (non-hydrogen) atoms. The van der Waals surface area contributed by atoms with Crippen LogP contribution in [0.1, 0.15) is 6.42 Å². The Labute approximate surface area is 108 Å². The topological polar surface area (TPSA) is 63.2 Å². The van der Waals surface area contributed by atoms with E-state index in [1.54, 1.807) is 12.1 Å². The van der Waals surface area contributed by atoms with E-state index in [1.807, 2.05) is 12.1 Å². The smallest absolute Gasteiger partial charge is 0.228 e. The monoisotopic (exact) mass is 317 g/mol. The number of sulfone groups is 1. The minimum Gasteiger partial charge on any atom is -0.326 e. The summed E-state index contributed by atoms with van der Waals surface area (Å²) in [5.74, 6) is -0.544. The Morgan fingerprint density at radius 1 is 1.29 bits per heavy atom. The molecule has 0 unspecified atom stereocenters. The van der Waals surface area contributed by atoms with Crippen LogP contribution >= 0.6 is 15.9 Å². The number of amides is 1. The van der Waals surface area contributed by atoms with Gasteiger partial charge in [0.1, 0.15) is 0 Å². The summed E-state index contributed by atoms with van der Waals surface area (Å²) in [6.07, 6.45) is 0.421. The first kappa shape index (κ1) is 12.6. The lowest BCUT2D eigenvalue weighted by atomic mass is 10.1. The van der Waals surface area contributed by atoms with Crippen molar-refractivity contribution in [2.24, 2.45) is 5.92 Å². The van der Waals surface area contributed by atoms with Crippen molar-refractivity contribution in [1.29, 1.82) is 0 Å². The molecule has 1 heterocycles. The van der Waals surface area contributed by atoms with E-state index in [-0.39, 0.29) is 17.4 Å². The van der Waals surface area contributed by atoms with Crippen LogP contribution in [0.2, 0.25) is 0 Å². The summed E-state index contributed by atoms with van der Waals surface area (Å²) in [6.45, 7) is 0. The number of benzene rings is 1. The van der Waals surface area contributed by atoms with E-state index in [2.05, 4.69) is 21.2 Å². The van der Waals surface area contributed by atoms with Crippen molar-refractivity contribution in [2.45, 2.75) is 6.42 Å². The molecule has 1 aliphatic rings. The Balaban J connectivity index is 2.01. The van der Waals surface area contributed by atoms with E-state index in [4.69, 9.17) is 0 Å². The van der Waals surface area contributed by atoms with Gasteiger partial charge in [0.15, 0.2) is 9.84 Å². The van der Waals surface area contributed by atoms with Crippen LogP contribution in [0.3, 0.4) is 0 Å². The Morgan fingerprint density at radius 2 is 1.94 bits per heavy atom. The van der Waals surface area contributed by atoms with Gasteiger partial charge < -0.3 is 5.32 Å². The van der Waals surface area contributed by atoms with Crippen molar-refractivity contribution in [1.82, 2.24) is 0 Å². The second kappa shape index (κ2) is 4.78. The van der Waals surface area contributed by atoms with E-state index in [0.717, 1.165) is 4.47 Å². The quantitative estimate of drug-likeness (QED) is 0.905. The molecule has 6 heteroatoms. The van der Waals surface area contributed by atoms with E-state index in [9.17, 15) is 13.2 Å². The molecule has 2 rings (SSSR count). The highest BCUT2D eigenvalue weighted by Gasteiger charge is 2.32. The minimum atomic E-state index is -3.01. The van der Waals surface area contributed by atoms with Crippen LogP contribution in [-0.4, -0.2) is 25.8 Å². The molecule has 1 aromatic rings. The SMILES string of the molecule is O=C(Nc1ccc(Br)cc1)[C@H]1CCS(=O)(=O)C1. The van der Waals surface area contributed by atoms with Crippen molar-refractivity contribution < 1.29 is 13.2 Å². The lowest BCUT2D eigenvalue weighted by Gasteiger charge is -2.09. The Bertz CT molecular complexity index is 524. The third-order valence-electron chi connectivity index (χ3n) is 2.71. The summed E-state index contributed by atoms with van der Waals surface area (Å²) in [6, 6.07) is 7.18. The van der Waals surface area contributed by atoms with Gasteiger partial charge in [0, 0.05) is 10.2 Å². The Morgan fingerprint density at radius 3 is 2.47 bits per heavy atom. The first-order chi connectivity index (χ1) is 7.96. The average molecular weight is 318 g/mol. The molecule has 0 spiro atoms. The summed E-state index contributed by atoms with van der Waals surface area (Å²) in [4.78, 5) is 11.8. The normalized spacial score (nSPS) is 22.3. The average Bonchev–Trinajstić information content (AvgIpc) is 2.62. The predicted octanol–water partition coefficient (Wildman–Crippen LogP) is 1.82. The van der Waals surface area contributed by atoms with Crippen LogP contribution in [0, 0.1) is 5.92 Å². The standard InChI is InChI=1S/C11H12BrNO3S/c12-9-1-3-10(4-2-9)13-11(14)8-5-6-17(15,16)7-8/h1-4,8H,5-7H2,(H,13,14)/t8-/m0/s1. The number of carbonyl (C=O) groups is 1. The van der Waals surface area contributed by atoms with Crippen LogP contribution in [0.5, 0.6) is 0 Å². The van der Waals surface area contributed by atoms with Crippen molar-refractivity contribution in [3.05, 3.63) is 28.7 Å². The minimum absolute atomic E-state index is 0.0324. The molecule has 4 nitrogen and oxygen atoms in total. The predicted molar refractivity (Wildman–Crippen MR) is 69.5 cm³/mol. The maximum atomic E-state index is 11.8. The van der Waals surface area contributed by atoms with Gasteiger partial charge in [-0.3, -0.25) is 4.79 Å². The number of rotatable bonds is 2. The molecule has 1 N–H and O–H groups in total. The van der Waals surface area contributed by atoms with Crippen LogP contribution in [0.15, 0.2) is 28.7 Å². The molecule has 1 fully saturated rings. The van der Waals surface area contributed by atoms with Gasteiger partial charge in [-0.25, -0.2) is 8.42 Å². The Hall–Kier alpha value is -0.880. The maximum absolute atomic E-state index is 11.8. The number of nitrogens with one attached hydrogen (secondary N) is 1. The Kier molecular flexibility index (Phi) is 3.53. The lowest BCUT2D eigenvalue weighted by molar-refractivity contribution is -0.119. The van der Waals surface area contributed by atoms with Gasteiger partial charge in [-0.1, -0.05) is 15.9 Å². The molecule has 0 radical (unpaired) electrons. The summed E-state index contributed by atoms with van der Waals surface area (Å²) in [7, 11) is -3.01. The highest BCUT2D eigenvalue weighted by Crippen LogP contribution is 2.21. The molecule has 0 aliphatic carbocycles. The second-order valence-corrected chi connectivity index (χ2v) is 7.24. The highest BCUT2D eigenvalue weighted by atomic mass is 79.9. The molecule has 0 bridgehead atoms. The van der Waals surface area contributed by atoms with Gasteiger partial charge in [-0.05, 0) is 30.7 Å². The summed E-state index contributed by atoms with van der Waals surface area (Å²) in [5, 5.41) is 2.72. The molecule has 1 aromatic carbocycles. The van der Waals surface area contributed by atoms with E-state index < -0.39 is 15.8 Å². The van der Waals surface area contributed by atoms with Gasteiger partial charge in [0.25, 0.3) is 0 Å². The van der Waals surface area contributed by atoms with Crippen molar-refractivity contribution in [2.75, 3.05) is 16.8 Å². The third-order valence-corrected chi connectivity index (χ3v) is 5.01. The highest BCUT2D eigenvalue weighted by molar-refractivity contribution is 9.10. The van der Waals surface area contributed by atoms with Crippen LogP contribution in [-0.2, 0) is 14.6 Å². The fourth-order valence-corrected chi connectivity index (χ4v) is 3.79. The van der Waals surface area contributed by atoms with Crippen molar-refractivity contribution in [3.63, 3.8) is 0 Å². The zero-order valence-corrected chi connectivity index (χ0v) is 11.4. The van der Waals surface area contributed by atoms with Crippen molar-refractivity contribution in [3.8, 4) is 0 Å². The molecule has 1 saturated heterocycles. The first-order valence-electron chi connectivity index (χ1n) is 5.23. The number of hydrogen-bond acceptors (Lipinski definition) is 3. The summed E-state index contributed by atoms with van der Waals surface area (Å²) < 4.78 is 23.4. The first-order valence-corrected chi connectivity index (χ1v) is 7.84.